The van der Waals surface area contributed by atoms with Crippen molar-refractivity contribution in [1.29, 1.82) is 0 Å². The fourth-order valence-corrected chi connectivity index (χ4v) is 2.69. The summed E-state index contributed by atoms with van der Waals surface area (Å²) in [7, 11) is 1.68. The number of nitrogens with one attached hydrogen (secondary N) is 2. The molecule has 0 amide bonds. The zero-order valence-corrected chi connectivity index (χ0v) is 15.6. The van der Waals surface area contributed by atoms with Crippen LogP contribution in [0.1, 0.15) is 24.0 Å². The molecule has 0 saturated heterocycles. The first-order valence-corrected chi connectivity index (χ1v) is 9.07. The van der Waals surface area contributed by atoms with Crippen LogP contribution >= 0.6 is 0 Å². The molecule has 0 aromatic heterocycles. The van der Waals surface area contributed by atoms with E-state index >= 15 is 0 Å². The van der Waals surface area contributed by atoms with Crippen molar-refractivity contribution in [1.82, 2.24) is 10.6 Å². The van der Waals surface area contributed by atoms with Gasteiger partial charge in [0.2, 0.25) is 0 Å². The summed E-state index contributed by atoms with van der Waals surface area (Å²) < 4.78 is 5.26. The van der Waals surface area contributed by atoms with Crippen molar-refractivity contribution in [3.63, 3.8) is 0 Å². The maximum absolute atomic E-state index is 9.67. The number of hydrogen-bond acceptors (Lipinski definition) is 3. The molecule has 1 unspecified atom stereocenters. The molecule has 1 atom stereocenters. The predicted octanol–water partition coefficient (Wildman–Crippen LogP) is 2.57. The number of aliphatic imine (C=N–C) groups is 1. The van der Waals surface area contributed by atoms with Gasteiger partial charge >= 0.3 is 0 Å². The van der Waals surface area contributed by atoms with Crippen molar-refractivity contribution in [2.75, 3.05) is 33.4 Å². The third-order valence-electron chi connectivity index (χ3n) is 4.15. The number of rotatable bonds is 9. The zero-order chi connectivity index (χ0) is 18.6. The van der Waals surface area contributed by atoms with Gasteiger partial charge in [0.05, 0.1) is 20.3 Å². The smallest absolute Gasteiger partial charge is 0.191 e. The summed E-state index contributed by atoms with van der Waals surface area (Å²) in [5, 5.41) is 16.3. The highest BCUT2D eigenvalue weighted by Gasteiger charge is 2.10. The van der Waals surface area contributed by atoms with E-state index in [0.29, 0.717) is 6.54 Å². The van der Waals surface area contributed by atoms with Crippen LogP contribution in [0.3, 0.4) is 0 Å². The lowest BCUT2D eigenvalue weighted by Gasteiger charge is -2.15. The van der Waals surface area contributed by atoms with Crippen molar-refractivity contribution in [3.05, 3.63) is 65.7 Å². The molecule has 0 aliphatic carbocycles. The summed E-state index contributed by atoms with van der Waals surface area (Å²) in [6.45, 7) is 4.22. The topological polar surface area (TPSA) is 65.9 Å². The molecule has 0 heterocycles. The second-order valence-electron chi connectivity index (χ2n) is 6.04. The Kier molecular flexibility index (Phi) is 8.49. The summed E-state index contributed by atoms with van der Waals surface area (Å²) in [5.74, 6) is 1.64. The van der Waals surface area contributed by atoms with Crippen LogP contribution < -0.4 is 15.4 Å². The quantitative estimate of drug-likeness (QED) is 0.478. The van der Waals surface area contributed by atoms with E-state index in [1.165, 1.54) is 5.56 Å². The first-order valence-electron chi connectivity index (χ1n) is 9.07. The van der Waals surface area contributed by atoms with Crippen molar-refractivity contribution >= 4 is 5.96 Å². The third-order valence-corrected chi connectivity index (χ3v) is 4.15. The van der Waals surface area contributed by atoms with Gasteiger partial charge in [-0.25, -0.2) is 0 Å². The minimum Gasteiger partial charge on any atom is -0.497 e. The molecule has 3 N–H and O–H groups in total. The molecule has 0 saturated carbocycles. The Labute approximate surface area is 156 Å². The lowest BCUT2D eigenvalue weighted by molar-refractivity contribution is 0.268. The monoisotopic (exact) mass is 355 g/mol. The molecule has 2 aromatic carbocycles. The van der Waals surface area contributed by atoms with Gasteiger partial charge in [-0.05, 0) is 36.6 Å². The lowest BCUT2D eigenvalue weighted by atomic mass is 10.0. The molecule has 0 fully saturated rings. The van der Waals surface area contributed by atoms with Gasteiger partial charge in [0.1, 0.15) is 5.75 Å². The van der Waals surface area contributed by atoms with Gasteiger partial charge in [-0.3, -0.25) is 4.99 Å². The molecule has 5 heteroatoms. The van der Waals surface area contributed by atoms with Gasteiger partial charge in [-0.2, -0.15) is 0 Å². The lowest BCUT2D eigenvalue weighted by Crippen LogP contribution is -2.38. The highest BCUT2D eigenvalue weighted by molar-refractivity contribution is 5.79. The van der Waals surface area contributed by atoms with Crippen molar-refractivity contribution in [2.24, 2.45) is 4.99 Å². The summed E-state index contributed by atoms with van der Waals surface area (Å²) in [6.07, 6.45) is 0.879. The van der Waals surface area contributed by atoms with E-state index in [2.05, 4.69) is 21.7 Å². The van der Waals surface area contributed by atoms with Crippen LogP contribution in [0, 0.1) is 0 Å². The van der Waals surface area contributed by atoms with Crippen LogP contribution in [0.2, 0.25) is 0 Å². The number of aliphatic hydroxyl groups is 1. The molecule has 26 heavy (non-hydrogen) atoms. The molecule has 2 aromatic rings. The Morgan fingerprint density at radius 3 is 2.62 bits per heavy atom. The summed E-state index contributed by atoms with van der Waals surface area (Å²) >= 11 is 0. The van der Waals surface area contributed by atoms with Crippen LogP contribution in [0.25, 0.3) is 0 Å². The molecular formula is C21H29N3O2. The number of guanidine groups is 1. The first kappa shape index (κ1) is 19.8. The molecule has 2 rings (SSSR count). The third kappa shape index (κ3) is 6.41. The number of nitrogens with zero attached hydrogens (tertiary/aromatic N) is 1. The van der Waals surface area contributed by atoms with Crippen LogP contribution in [0.4, 0.5) is 0 Å². The second-order valence-corrected chi connectivity index (χ2v) is 6.04. The molecular weight excluding hydrogens is 326 g/mol. The molecule has 0 aliphatic rings. The van der Waals surface area contributed by atoms with E-state index in [-0.39, 0.29) is 12.5 Å². The molecule has 0 aliphatic heterocycles. The van der Waals surface area contributed by atoms with Gasteiger partial charge in [-0.15, -0.1) is 0 Å². The van der Waals surface area contributed by atoms with Crippen LogP contribution in [0.15, 0.2) is 59.6 Å². The fraction of sp³-hybridized carbons (Fsp3) is 0.381. The van der Waals surface area contributed by atoms with E-state index in [1.807, 2.05) is 55.5 Å². The van der Waals surface area contributed by atoms with E-state index in [1.54, 1.807) is 7.11 Å². The highest BCUT2D eigenvalue weighted by atomic mass is 16.5. The summed E-state index contributed by atoms with van der Waals surface area (Å²) in [4.78, 5) is 4.64. The predicted molar refractivity (Wildman–Crippen MR) is 107 cm³/mol. The van der Waals surface area contributed by atoms with E-state index < -0.39 is 0 Å². The van der Waals surface area contributed by atoms with Gasteiger partial charge in [0, 0.05) is 19.0 Å². The standard InChI is InChI=1S/C21H29N3O2/c1-3-22-21(23-13-12-17-8-7-11-20(14-17)26-2)24-15-19(16-25)18-9-5-4-6-10-18/h4-11,14,19,25H,3,12-13,15-16H2,1-2H3,(H2,22,23,24). The maximum atomic E-state index is 9.67. The zero-order valence-electron chi connectivity index (χ0n) is 15.6. The van der Waals surface area contributed by atoms with Crippen LogP contribution in [-0.4, -0.2) is 44.4 Å². The van der Waals surface area contributed by atoms with Gasteiger partial charge < -0.3 is 20.5 Å². The van der Waals surface area contributed by atoms with E-state index in [4.69, 9.17) is 4.74 Å². The average molecular weight is 355 g/mol. The van der Waals surface area contributed by atoms with Crippen molar-refractivity contribution < 1.29 is 9.84 Å². The maximum Gasteiger partial charge on any atom is 0.191 e. The van der Waals surface area contributed by atoms with Crippen molar-refractivity contribution in [3.8, 4) is 5.75 Å². The molecule has 140 valence electrons. The molecule has 0 spiro atoms. The second kappa shape index (κ2) is 11.2. The van der Waals surface area contributed by atoms with Gasteiger partial charge in [-0.1, -0.05) is 42.5 Å². The minimum atomic E-state index is 0.00467. The number of ether oxygens (including phenoxy) is 1. The minimum absolute atomic E-state index is 0.00467. The number of benzene rings is 2. The summed E-state index contributed by atoms with van der Waals surface area (Å²) in [6, 6.07) is 18.1. The van der Waals surface area contributed by atoms with E-state index in [9.17, 15) is 5.11 Å². The number of aliphatic hydroxyl groups excluding tert-OH is 1. The van der Waals surface area contributed by atoms with Gasteiger partial charge in [0.15, 0.2) is 5.96 Å². The SMILES string of the molecule is CCNC(=NCC(CO)c1ccccc1)NCCc1cccc(OC)c1. The number of methoxy groups -OCH3 is 1. The number of hydrogen-bond donors (Lipinski definition) is 3. The summed E-state index contributed by atoms with van der Waals surface area (Å²) in [5.41, 5.74) is 2.32. The Morgan fingerprint density at radius 2 is 1.92 bits per heavy atom. The highest BCUT2D eigenvalue weighted by Crippen LogP contribution is 2.15. The largest absolute Gasteiger partial charge is 0.497 e. The fourth-order valence-electron chi connectivity index (χ4n) is 2.69. The normalized spacial score (nSPS) is 12.5. The van der Waals surface area contributed by atoms with Gasteiger partial charge in [0.25, 0.3) is 0 Å². The average Bonchev–Trinajstić information content (AvgIpc) is 2.69. The Bertz CT molecular complexity index is 674. The Balaban J connectivity index is 1.91. The van der Waals surface area contributed by atoms with Crippen LogP contribution in [0.5, 0.6) is 5.75 Å². The first-order chi connectivity index (χ1) is 12.8. The van der Waals surface area contributed by atoms with Crippen LogP contribution in [-0.2, 0) is 6.42 Å². The molecule has 0 bridgehead atoms. The Morgan fingerprint density at radius 1 is 1.12 bits per heavy atom. The Hall–Kier alpha value is -2.53. The molecule has 5 nitrogen and oxygen atoms in total. The molecule has 0 radical (unpaired) electrons. The van der Waals surface area contributed by atoms with E-state index in [0.717, 1.165) is 36.8 Å². The van der Waals surface area contributed by atoms with Crippen molar-refractivity contribution in [2.45, 2.75) is 19.3 Å².